The van der Waals surface area contributed by atoms with Gasteiger partial charge in [0.2, 0.25) is 11.8 Å². The molecule has 1 aromatic carbocycles. The summed E-state index contributed by atoms with van der Waals surface area (Å²) in [6.07, 6.45) is 5.20. The molecular weight excluding hydrogens is 518 g/mol. The van der Waals surface area contributed by atoms with Crippen LogP contribution in [0.25, 0.3) is 0 Å². The zero-order chi connectivity index (χ0) is 29.6. The molecule has 0 saturated carbocycles. The van der Waals surface area contributed by atoms with Crippen LogP contribution in [0.5, 0.6) is 0 Å². The van der Waals surface area contributed by atoms with Crippen molar-refractivity contribution in [2.75, 3.05) is 32.2 Å². The molecule has 2 N–H and O–H groups in total. The SMILES string of the molecule is CCCCCCN(C(=O)C(CCSC)NC(=O)OC(C)(C)C)C(C(=O)NCC(=O)OC)c1cc(C)cc(C)c1. The Hall–Kier alpha value is -2.75. The summed E-state index contributed by atoms with van der Waals surface area (Å²) in [6.45, 7) is 11.2. The highest BCUT2D eigenvalue weighted by Crippen LogP contribution is 2.26. The number of unbranched alkanes of at least 4 members (excludes halogenated alkanes) is 3. The second-order valence-electron chi connectivity index (χ2n) is 10.7. The van der Waals surface area contributed by atoms with Crippen molar-refractivity contribution in [2.24, 2.45) is 0 Å². The van der Waals surface area contributed by atoms with Gasteiger partial charge >= 0.3 is 12.1 Å². The van der Waals surface area contributed by atoms with Crippen LogP contribution in [-0.4, -0.2) is 72.6 Å². The number of nitrogens with one attached hydrogen (secondary N) is 2. The number of hydrogen-bond acceptors (Lipinski definition) is 7. The monoisotopic (exact) mass is 565 g/mol. The minimum absolute atomic E-state index is 0.313. The smallest absolute Gasteiger partial charge is 0.408 e. The first-order valence-corrected chi connectivity index (χ1v) is 14.9. The van der Waals surface area contributed by atoms with Gasteiger partial charge in [-0.1, -0.05) is 55.5 Å². The number of carbonyl (C=O) groups is 4. The predicted molar refractivity (Wildman–Crippen MR) is 156 cm³/mol. The number of esters is 1. The zero-order valence-corrected chi connectivity index (χ0v) is 25.7. The molecule has 0 saturated heterocycles. The molecule has 10 heteroatoms. The molecule has 0 bridgehead atoms. The fourth-order valence-corrected chi connectivity index (χ4v) is 4.66. The van der Waals surface area contributed by atoms with E-state index < -0.39 is 35.7 Å². The van der Waals surface area contributed by atoms with Gasteiger partial charge in [-0.25, -0.2) is 4.79 Å². The number of benzene rings is 1. The second kappa shape index (κ2) is 17.0. The van der Waals surface area contributed by atoms with Crippen molar-refractivity contribution in [3.05, 3.63) is 34.9 Å². The maximum Gasteiger partial charge on any atom is 0.408 e. The van der Waals surface area contributed by atoms with Gasteiger partial charge in [-0.15, -0.1) is 0 Å². The van der Waals surface area contributed by atoms with E-state index in [9.17, 15) is 19.2 Å². The van der Waals surface area contributed by atoms with Gasteiger partial charge < -0.3 is 25.0 Å². The van der Waals surface area contributed by atoms with E-state index in [1.165, 1.54) is 7.11 Å². The Morgan fingerprint density at radius 3 is 2.21 bits per heavy atom. The molecule has 0 spiro atoms. The minimum atomic E-state index is -1.00. The van der Waals surface area contributed by atoms with E-state index in [4.69, 9.17) is 9.47 Å². The fourth-order valence-electron chi connectivity index (χ4n) is 4.19. The molecule has 0 fully saturated rings. The number of carbonyl (C=O) groups excluding carboxylic acids is 4. The summed E-state index contributed by atoms with van der Waals surface area (Å²) in [4.78, 5) is 53.9. The first-order valence-electron chi connectivity index (χ1n) is 13.5. The van der Waals surface area contributed by atoms with Crippen LogP contribution in [0.4, 0.5) is 4.79 Å². The average Bonchev–Trinajstić information content (AvgIpc) is 2.84. The predicted octanol–water partition coefficient (Wildman–Crippen LogP) is 4.69. The lowest BCUT2D eigenvalue weighted by Crippen LogP contribution is -2.53. The molecule has 220 valence electrons. The summed E-state index contributed by atoms with van der Waals surface area (Å²) in [5, 5.41) is 5.38. The molecule has 9 nitrogen and oxygen atoms in total. The maximum absolute atomic E-state index is 14.2. The molecule has 0 radical (unpaired) electrons. The number of alkyl carbamates (subject to hydrolysis) is 1. The van der Waals surface area contributed by atoms with Gasteiger partial charge in [0.05, 0.1) is 7.11 Å². The third kappa shape index (κ3) is 12.8. The van der Waals surface area contributed by atoms with Gasteiger partial charge in [-0.3, -0.25) is 14.4 Å². The summed E-state index contributed by atoms with van der Waals surface area (Å²) in [6, 6.07) is 3.85. The molecule has 0 aliphatic rings. The van der Waals surface area contributed by atoms with E-state index in [1.54, 1.807) is 37.4 Å². The standard InChI is InChI=1S/C29H47N3O6S/c1-9-10-11-12-14-32(27(35)23(13-15-39-8)31-28(36)38-29(4,5)6)25(26(34)30-19-24(33)37-7)22-17-20(2)16-21(3)18-22/h16-18,23,25H,9-15,19H2,1-8H3,(H,30,34)(H,31,36). The van der Waals surface area contributed by atoms with Crippen LogP contribution >= 0.6 is 11.8 Å². The average molecular weight is 566 g/mol. The van der Waals surface area contributed by atoms with Gasteiger partial charge in [0.15, 0.2) is 0 Å². The van der Waals surface area contributed by atoms with Crippen molar-refractivity contribution >= 4 is 35.6 Å². The van der Waals surface area contributed by atoms with Crippen LogP contribution in [0.3, 0.4) is 0 Å². The Balaban J connectivity index is 3.53. The molecule has 1 rings (SSSR count). The van der Waals surface area contributed by atoms with Crippen LogP contribution in [-0.2, 0) is 23.9 Å². The Kier molecular flexibility index (Phi) is 15.0. The van der Waals surface area contributed by atoms with E-state index in [0.29, 0.717) is 30.7 Å². The second-order valence-corrected chi connectivity index (χ2v) is 11.7. The third-order valence-corrected chi connectivity index (χ3v) is 6.53. The van der Waals surface area contributed by atoms with Gasteiger partial charge in [-0.05, 0) is 65.0 Å². The van der Waals surface area contributed by atoms with E-state index in [2.05, 4.69) is 17.6 Å². The van der Waals surface area contributed by atoms with Crippen molar-refractivity contribution in [3.63, 3.8) is 0 Å². The number of ether oxygens (including phenoxy) is 2. The molecule has 39 heavy (non-hydrogen) atoms. The normalized spacial score (nSPS) is 12.7. The molecule has 2 atom stereocenters. The summed E-state index contributed by atoms with van der Waals surface area (Å²) in [7, 11) is 1.25. The summed E-state index contributed by atoms with van der Waals surface area (Å²) in [5.41, 5.74) is 1.80. The van der Waals surface area contributed by atoms with Crippen LogP contribution in [0.1, 0.15) is 82.5 Å². The molecular formula is C29H47N3O6S. The van der Waals surface area contributed by atoms with Gasteiger partial charge in [0.1, 0.15) is 24.2 Å². The van der Waals surface area contributed by atoms with Crippen LogP contribution in [0.15, 0.2) is 18.2 Å². The van der Waals surface area contributed by atoms with E-state index in [0.717, 1.165) is 30.4 Å². The largest absolute Gasteiger partial charge is 0.468 e. The molecule has 1 aromatic rings. The molecule has 2 unspecified atom stereocenters. The van der Waals surface area contributed by atoms with Gasteiger partial charge in [0, 0.05) is 6.54 Å². The fraction of sp³-hybridized carbons (Fsp3) is 0.655. The van der Waals surface area contributed by atoms with Crippen molar-refractivity contribution in [1.82, 2.24) is 15.5 Å². The quantitative estimate of drug-likeness (QED) is 0.234. The number of aryl methyl sites for hydroxylation is 2. The minimum Gasteiger partial charge on any atom is -0.468 e. The Morgan fingerprint density at radius 1 is 1.03 bits per heavy atom. The Labute approximate surface area is 238 Å². The lowest BCUT2D eigenvalue weighted by atomic mass is 9.97. The van der Waals surface area contributed by atoms with Gasteiger partial charge in [0.25, 0.3) is 0 Å². The van der Waals surface area contributed by atoms with Crippen molar-refractivity contribution in [2.45, 2.75) is 91.3 Å². The molecule has 3 amide bonds. The molecule has 0 aliphatic carbocycles. The number of nitrogens with zero attached hydrogens (tertiary/aromatic N) is 1. The van der Waals surface area contributed by atoms with Crippen LogP contribution in [0.2, 0.25) is 0 Å². The van der Waals surface area contributed by atoms with Crippen LogP contribution < -0.4 is 10.6 Å². The topological polar surface area (TPSA) is 114 Å². The zero-order valence-electron chi connectivity index (χ0n) is 24.8. The van der Waals surface area contributed by atoms with Crippen molar-refractivity contribution in [1.29, 1.82) is 0 Å². The Bertz CT molecular complexity index is 943. The summed E-state index contributed by atoms with van der Waals surface area (Å²) < 4.78 is 10.1. The first-order chi connectivity index (χ1) is 18.3. The lowest BCUT2D eigenvalue weighted by molar-refractivity contribution is -0.144. The highest BCUT2D eigenvalue weighted by Gasteiger charge is 2.36. The molecule has 0 heterocycles. The number of thioether (sulfide) groups is 1. The molecule has 0 aromatic heterocycles. The first kappa shape index (κ1) is 34.3. The van der Waals surface area contributed by atoms with E-state index in [1.807, 2.05) is 38.3 Å². The maximum atomic E-state index is 14.2. The number of hydrogen-bond donors (Lipinski definition) is 2. The highest BCUT2D eigenvalue weighted by atomic mass is 32.2. The lowest BCUT2D eigenvalue weighted by Gasteiger charge is -2.35. The number of amides is 3. The summed E-state index contributed by atoms with van der Waals surface area (Å²) >= 11 is 1.56. The number of methoxy groups -OCH3 is 1. The van der Waals surface area contributed by atoms with E-state index in [-0.39, 0.29) is 12.5 Å². The highest BCUT2D eigenvalue weighted by molar-refractivity contribution is 7.98. The number of rotatable bonds is 15. The van der Waals surface area contributed by atoms with Gasteiger partial charge in [-0.2, -0.15) is 11.8 Å². The van der Waals surface area contributed by atoms with Crippen LogP contribution in [0, 0.1) is 13.8 Å². The van der Waals surface area contributed by atoms with Crippen molar-refractivity contribution in [3.8, 4) is 0 Å². The van der Waals surface area contributed by atoms with E-state index >= 15 is 0 Å². The van der Waals surface area contributed by atoms with Crippen molar-refractivity contribution < 1.29 is 28.7 Å². The Morgan fingerprint density at radius 2 is 1.67 bits per heavy atom. The third-order valence-electron chi connectivity index (χ3n) is 5.89. The molecule has 0 aliphatic heterocycles. The summed E-state index contributed by atoms with van der Waals surface area (Å²) in [5.74, 6) is -0.828.